The number of nitrogens with one attached hydrogen (secondary N) is 3. The van der Waals surface area contributed by atoms with Crippen molar-refractivity contribution in [3.63, 3.8) is 0 Å². The first-order valence-corrected chi connectivity index (χ1v) is 16.4. The topological polar surface area (TPSA) is 171 Å². The fourth-order valence-corrected chi connectivity index (χ4v) is 6.93. The van der Waals surface area contributed by atoms with E-state index in [9.17, 15) is 32.7 Å². The van der Waals surface area contributed by atoms with Gasteiger partial charge in [-0.25, -0.2) is 13.2 Å². The highest BCUT2D eigenvalue weighted by Crippen LogP contribution is 2.46. The van der Waals surface area contributed by atoms with Gasteiger partial charge in [0.05, 0.1) is 11.8 Å². The van der Waals surface area contributed by atoms with Gasteiger partial charge in [-0.2, -0.15) is 0 Å². The number of ether oxygens (including phenoxy) is 1. The molecule has 44 heavy (non-hydrogen) atoms. The van der Waals surface area contributed by atoms with Crippen LogP contribution in [0.5, 0.6) is 0 Å². The van der Waals surface area contributed by atoms with Crippen LogP contribution in [0.4, 0.5) is 4.79 Å². The van der Waals surface area contributed by atoms with Crippen molar-refractivity contribution in [2.75, 3.05) is 6.54 Å². The summed E-state index contributed by atoms with van der Waals surface area (Å²) in [6, 6.07) is 6.21. The summed E-state index contributed by atoms with van der Waals surface area (Å²) in [7, 11) is -3.89. The summed E-state index contributed by atoms with van der Waals surface area (Å²) in [5.74, 6) is -2.76. The van der Waals surface area contributed by atoms with E-state index in [0.717, 1.165) is 0 Å². The van der Waals surface area contributed by atoms with E-state index in [1.165, 1.54) is 11.0 Å². The van der Waals surface area contributed by atoms with E-state index in [1.54, 1.807) is 71.9 Å². The van der Waals surface area contributed by atoms with Gasteiger partial charge in [0.1, 0.15) is 28.8 Å². The van der Waals surface area contributed by atoms with Crippen LogP contribution in [0.2, 0.25) is 0 Å². The Hall–Kier alpha value is -3.45. The zero-order valence-corrected chi connectivity index (χ0v) is 27.0. The fraction of sp³-hybridized carbons (Fsp3) is 0.613. The minimum Gasteiger partial charge on any atom is -0.444 e. The van der Waals surface area contributed by atoms with E-state index < -0.39 is 79.2 Å². The smallest absolute Gasteiger partial charge is 0.408 e. The van der Waals surface area contributed by atoms with Crippen molar-refractivity contribution in [1.82, 2.24) is 20.3 Å². The third-order valence-corrected chi connectivity index (χ3v) is 10.1. The number of aliphatic hydroxyl groups is 1. The van der Waals surface area contributed by atoms with Crippen LogP contribution < -0.4 is 15.4 Å². The number of nitrogens with zero attached hydrogens (tertiary/aromatic N) is 1. The zero-order valence-electron chi connectivity index (χ0n) is 26.2. The number of carbonyl (C=O) groups is 4. The number of rotatable bonds is 9. The van der Waals surface area contributed by atoms with E-state index in [1.807, 2.05) is 0 Å². The van der Waals surface area contributed by atoms with Gasteiger partial charge in [0.15, 0.2) is 0 Å². The van der Waals surface area contributed by atoms with Crippen molar-refractivity contribution in [1.29, 1.82) is 0 Å². The molecule has 242 valence electrons. The summed E-state index contributed by atoms with van der Waals surface area (Å²) in [6.45, 7) is 13.8. The van der Waals surface area contributed by atoms with Gasteiger partial charge in [0.25, 0.3) is 5.91 Å². The van der Waals surface area contributed by atoms with Gasteiger partial charge < -0.3 is 25.4 Å². The number of likely N-dealkylation sites (tertiary alicyclic amines) is 1. The molecule has 1 heterocycles. The molecule has 2 aliphatic carbocycles. The van der Waals surface area contributed by atoms with Crippen molar-refractivity contribution in [2.24, 2.45) is 11.3 Å². The molecule has 2 saturated carbocycles. The second kappa shape index (κ2) is 11.5. The number of benzene rings is 1. The normalized spacial score (nSPS) is 27.6. The zero-order chi connectivity index (χ0) is 32.9. The number of hydrogen-bond donors (Lipinski definition) is 4. The quantitative estimate of drug-likeness (QED) is 0.300. The number of amides is 4. The first-order chi connectivity index (χ1) is 20.2. The summed E-state index contributed by atoms with van der Waals surface area (Å²) in [6.07, 6.45) is 1.50. The standard InChI is InChI=1S/C31H44N4O8S/c1-8-19-16-31(19,26(38)34-44(41,42)21-14-15-21)33-24(36)22-17-30(40,20-12-10-9-11-13-20)18-35(22)25(37)23(28(2,3)4)32-27(39)43-29(5,6)7/h8-13,19,21-23,40H,1,14-18H2,2-7H3,(H,32,39)(H,33,36)(H,34,38)/t19-,22+,23-,30+,31-/m1/s1. The molecule has 0 spiro atoms. The molecule has 4 amide bonds. The highest BCUT2D eigenvalue weighted by molar-refractivity contribution is 7.91. The van der Waals surface area contributed by atoms with Crippen LogP contribution in [0.15, 0.2) is 43.0 Å². The molecule has 12 nitrogen and oxygen atoms in total. The monoisotopic (exact) mass is 632 g/mol. The van der Waals surface area contributed by atoms with Gasteiger partial charge in [-0.1, -0.05) is 57.2 Å². The predicted molar refractivity (Wildman–Crippen MR) is 162 cm³/mol. The molecule has 3 fully saturated rings. The van der Waals surface area contributed by atoms with Crippen molar-refractivity contribution >= 4 is 33.8 Å². The van der Waals surface area contributed by atoms with Crippen molar-refractivity contribution in [3.8, 4) is 0 Å². The third kappa shape index (κ3) is 7.09. The van der Waals surface area contributed by atoms with Gasteiger partial charge in [-0.05, 0) is 51.0 Å². The summed E-state index contributed by atoms with van der Waals surface area (Å²) in [5.41, 5.74) is -4.36. The summed E-state index contributed by atoms with van der Waals surface area (Å²) < 4.78 is 32.6. The van der Waals surface area contributed by atoms with E-state index in [2.05, 4.69) is 21.9 Å². The first kappa shape index (κ1) is 33.4. The lowest BCUT2D eigenvalue weighted by atomic mass is 9.85. The Balaban J connectivity index is 1.65. The maximum atomic E-state index is 14.2. The average molecular weight is 633 g/mol. The Bertz CT molecular complexity index is 1430. The van der Waals surface area contributed by atoms with Crippen LogP contribution in [0.25, 0.3) is 0 Å². The summed E-state index contributed by atoms with van der Waals surface area (Å²) in [4.78, 5) is 55.5. The average Bonchev–Trinajstić information content (AvgIpc) is 3.83. The minimum atomic E-state index is -3.89. The third-order valence-electron chi connectivity index (χ3n) is 8.26. The Morgan fingerprint density at radius 2 is 1.68 bits per heavy atom. The van der Waals surface area contributed by atoms with Crippen molar-refractivity contribution < 1.29 is 37.4 Å². The maximum Gasteiger partial charge on any atom is 0.408 e. The first-order valence-electron chi connectivity index (χ1n) is 14.8. The molecule has 1 aliphatic heterocycles. The van der Waals surface area contributed by atoms with E-state index >= 15 is 0 Å². The molecule has 0 unspecified atom stereocenters. The SMILES string of the molecule is C=C[C@@H]1C[C@]1(NC(=O)[C@@H]1C[C@@](O)(c2ccccc2)CN1C(=O)[C@@H](NC(=O)OC(C)(C)C)C(C)(C)C)C(=O)NS(=O)(=O)C1CC1. The molecule has 13 heteroatoms. The molecule has 0 aromatic heterocycles. The van der Waals surface area contributed by atoms with Crippen LogP contribution in [0, 0.1) is 11.3 Å². The number of sulfonamides is 1. The van der Waals surface area contributed by atoms with Crippen LogP contribution >= 0.6 is 0 Å². The van der Waals surface area contributed by atoms with Gasteiger partial charge in [-0.3, -0.25) is 19.1 Å². The van der Waals surface area contributed by atoms with Crippen molar-refractivity contribution in [3.05, 3.63) is 48.6 Å². The van der Waals surface area contributed by atoms with Crippen LogP contribution in [0.1, 0.15) is 72.8 Å². The second-order valence-corrected chi connectivity index (χ2v) is 16.2. The molecule has 3 aliphatic rings. The van der Waals surface area contributed by atoms with E-state index in [0.29, 0.717) is 18.4 Å². The fourth-order valence-electron chi connectivity index (χ4n) is 5.57. The molecule has 1 saturated heterocycles. The molecular weight excluding hydrogens is 588 g/mol. The Morgan fingerprint density at radius 3 is 2.18 bits per heavy atom. The lowest BCUT2D eigenvalue weighted by Crippen LogP contribution is -2.60. The van der Waals surface area contributed by atoms with Crippen molar-refractivity contribution in [2.45, 2.75) is 101 Å². The molecule has 4 N–H and O–H groups in total. The highest BCUT2D eigenvalue weighted by atomic mass is 32.2. The maximum absolute atomic E-state index is 14.2. The molecule has 5 atom stereocenters. The molecule has 0 bridgehead atoms. The Labute approximate surface area is 259 Å². The lowest BCUT2D eigenvalue weighted by molar-refractivity contribution is -0.143. The molecule has 1 aromatic carbocycles. The molecule has 1 aromatic rings. The van der Waals surface area contributed by atoms with Gasteiger partial charge in [-0.15, -0.1) is 6.58 Å². The Kier molecular flexibility index (Phi) is 8.73. The second-order valence-electron chi connectivity index (χ2n) is 14.2. The number of hydrogen-bond acceptors (Lipinski definition) is 8. The molecule has 4 rings (SSSR count). The number of carbonyl (C=O) groups excluding carboxylic acids is 4. The van der Waals surface area contributed by atoms with Crippen LogP contribution in [-0.2, 0) is 34.7 Å². The van der Waals surface area contributed by atoms with Crippen LogP contribution in [-0.4, -0.2) is 77.3 Å². The molecular formula is C31H44N4O8S. The number of β-amino-alcohol motifs (C(OH)–C–C–N with tert-alkyl or cyclic N) is 1. The van der Waals surface area contributed by atoms with Gasteiger partial charge >= 0.3 is 6.09 Å². The van der Waals surface area contributed by atoms with E-state index in [4.69, 9.17) is 4.74 Å². The largest absolute Gasteiger partial charge is 0.444 e. The van der Waals surface area contributed by atoms with Gasteiger partial charge in [0, 0.05) is 12.3 Å². The summed E-state index contributed by atoms with van der Waals surface area (Å²) >= 11 is 0. The highest BCUT2D eigenvalue weighted by Gasteiger charge is 2.62. The van der Waals surface area contributed by atoms with Gasteiger partial charge in [0.2, 0.25) is 21.8 Å². The number of alkyl carbamates (subject to hydrolysis) is 1. The van der Waals surface area contributed by atoms with E-state index in [-0.39, 0.29) is 19.4 Å². The minimum absolute atomic E-state index is 0.128. The lowest BCUT2D eigenvalue weighted by Gasteiger charge is -2.36. The Morgan fingerprint density at radius 1 is 1.07 bits per heavy atom. The predicted octanol–water partition coefficient (Wildman–Crippen LogP) is 2.08. The molecule has 0 radical (unpaired) electrons. The van der Waals surface area contributed by atoms with Crippen LogP contribution in [0.3, 0.4) is 0 Å². The summed E-state index contributed by atoms with van der Waals surface area (Å²) in [5, 5.41) is 16.5.